The second-order valence-corrected chi connectivity index (χ2v) is 4.52. The van der Waals surface area contributed by atoms with E-state index in [0.717, 1.165) is 10.9 Å². The Morgan fingerprint density at radius 1 is 1.25 bits per heavy atom. The zero-order chi connectivity index (χ0) is 14.1. The van der Waals surface area contributed by atoms with Gasteiger partial charge >= 0.3 is 0 Å². The number of hydrogen-bond donors (Lipinski definition) is 2. The van der Waals surface area contributed by atoms with Crippen molar-refractivity contribution in [1.29, 1.82) is 0 Å². The summed E-state index contributed by atoms with van der Waals surface area (Å²) in [5, 5.41) is 7.51. The van der Waals surface area contributed by atoms with E-state index in [1.54, 1.807) is 18.3 Å². The summed E-state index contributed by atoms with van der Waals surface area (Å²) in [5.41, 5.74) is 7.26. The number of nitrogens with zero attached hydrogens (tertiary/aromatic N) is 4. The van der Waals surface area contributed by atoms with Crippen molar-refractivity contribution in [3.8, 4) is 0 Å². The van der Waals surface area contributed by atoms with Crippen molar-refractivity contribution in [2.45, 2.75) is 6.54 Å². The summed E-state index contributed by atoms with van der Waals surface area (Å²) in [6, 6.07) is 6.35. The fourth-order valence-electron chi connectivity index (χ4n) is 2.07. The smallest absolute Gasteiger partial charge is 0.224 e. The number of H-pyrrole nitrogens is 1. The number of nitrogens with two attached hydrogens (primary N) is 1. The molecular weight excluding hydrogens is 259 g/mol. The third-order valence-electron chi connectivity index (χ3n) is 3.00. The Morgan fingerprint density at radius 2 is 2.00 bits per heavy atom. The molecule has 0 fully saturated rings. The minimum Gasteiger partial charge on any atom is -0.368 e. The quantitative estimate of drug-likeness (QED) is 0.758. The van der Waals surface area contributed by atoms with E-state index in [9.17, 15) is 4.39 Å². The summed E-state index contributed by atoms with van der Waals surface area (Å²) in [6.07, 6.45) is 1.66. The average Bonchev–Trinajstić information content (AvgIpc) is 2.88. The number of aromatic nitrogens is 4. The molecule has 0 saturated heterocycles. The molecule has 0 spiro atoms. The van der Waals surface area contributed by atoms with Crippen LogP contribution in [0.3, 0.4) is 0 Å². The fourth-order valence-corrected chi connectivity index (χ4v) is 2.07. The van der Waals surface area contributed by atoms with Gasteiger partial charge in [0, 0.05) is 13.6 Å². The lowest BCUT2D eigenvalue weighted by molar-refractivity contribution is 0.627. The van der Waals surface area contributed by atoms with Gasteiger partial charge in [-0.3, -0.25) is 5.10 Å². The summed E-state index contributed by atoms with van der Waals surface area (Å²) in [6.45, 7) is 0.580. The van der Waals surface area contributed by atoms with Crippen molar-refractivity contribution in [2.75, 3.05) is 17.7 Å². The van der Waals surface area contributed by atoms with Gasteiger partial charge in [-0.2, -0.15) is 15.1 Å². The standard InChI is InChI=1S/C13H13FN6/c1-20(7-8-2-4-9(14)5-3-8)12-10-6-16-19-11(10)17-13(15)18-12/h2-6H,7H2,1H3,(H3,15,16,17,18,19). The molecule has 2 heterocycles. The highest BCUT2D eigenvalue weighted by Gasteiger charge is 2.12. The van der Waals surface area contributed by atoms with Crippen LogP contribution < -0.4 is 10.6 Å². The highest BCUT2D eigenvalue weighted by atomic mass is 19.1. The second-order valence-electron chi connectivity index (χ2n) is 4.52. The molecule has 2 aromatic heterocycles. The minimum atomic E-state index is -0.250. The monoisotopic (exact) mass is 272 g/mol. The van der Waals surface area contributed by atoms with Gasteiger partial charge in [0.25, 0.3) is 0 Å². The normalized spacial score (nSPS) is 10.9. The van der Waals surface area contributed by atoms with E-state index in [4.69, 9.17) is 5.73 Å². The topological polar surface area (TPSA) is 83.7 Å². The molecular formula is C13H13FN6. The molecule has 0 amide bonds. The van der Waals surface area contributed by atoms with Gasteiger partial charge in [-0.25, -0.2) is 4.39 Å². The SMILES string of the molecule is CN(Cc1ccc(F)cc1)c1nc(N)nc2[nH]ncc12. The van der Waals surface area contributed by atoms with E-state index in [1.165, 1.54) is 12.1 Å². The van der Waals surface area contributed by atoms with Gasteiger partial charge in [0.05, 0.1) is 11.6 Å². The third kappa shape index (κ3) is 2.25. The molecule has 102 valence electrons. The maximum Gasteiger partial charge on any atom is 0.224 e. The zero-order valence-electron chi connectivity index (χ0n) is 10.8. The second kappa shape index (κ2) is 4.76. The first kappa shape index (κ1) is 12.3. The van der Waals surface area contributed by atoms with Crippen LogP contribution in [0.4, 0.5) is 16.2 Å². The van der Waals surface area contributed by atoms with Crippen LogP contribution >= 0.6 is 0 Å². The maximum atomic E-state index is 12.9. The number of nitrogens with one attached hydrogen (secondary N) is 1. The van der Waals surface area contributed by atoms with Crippen LogP contribution in [0.5, 0.6) is 0 Å². The van der Waals surface area contributed by atoms with Crippen molar-refractivity contribution in [3.05, 3.63) is 41.8 Å². The molecule has 0 atom stereocenters. The molecule has 3 aromatic rings. The van der Waals surface area contributed by atoms with Gasteiger partial charge < -0.3 is 10.6 Å². The van der Waals surface area contributed by atoms with Crippen molar-refractivity contribution >= 4 is 22.8 Å². The van der Waals surface area contributed by atoms with Crippen molar-refractivity contribution in [2.24, 2.45) is 0 Å². The molecule has 1 aromatic carbocycles. The number of hydrogen-bond acceptors (Lipinski definition) is 5. The largest absolute Gasteiger partial charge is 0.368 e. The highest BCUT2D eigenvalue weighted by molar-refractivity contribution is 5.87. The lowest BCUT2D eigenvalue weighted by Crippen LogP contribution is -2.18. The molecule has 6 nitrogen and oxygen atoms in total. The Kier molecular flexibility index (Phi) is 2.94. The van der Waals surface area contributed by atoms with E-state index in [0.29, 0.717) is 18.0 Å². The average molecular weight is 272 g/mol. The molecule has 20 heavy (non-hydrogen) atoms. The molecule has 0 aliphatic rings. The minimum absolute atomic E-state index is 0.183. The molecule has 7 heteroatoms. The van der Waals surface area contributed by atoms with Crippen LogP contribution in [0.1, 0.15) is 5.56 Å². The van der Waals surface area contributed by atoms with Crippen LogP contribution in [0, 0.1) is 5.82 Å². The third-order valence-corrected chi connectivity index (χ3v) is 3.00. The van der Waals surface area contributed by atoms with Gasteiger partial charge in [-0.05, 0) is 17.7 Å². The van der Waals surface area contributed by atoms with E-state index < -0.39 is 0 Å². The number of anilines is 2. The molecule has 0 bridgehead atoms. The van der Waals surface area contributed by atoms with Gasteiger partial charge in [0.1, 0.15) is 11.6 Å². The number of benzene rings is 1. The Bertz CT molecular complexity index is 736. The van der Waals surface area contributed by atoms with Crippen LogP contribution in [0.2, 0.25) is 0 Å². The fraction of sp³-hybridized carbons (Fsp3) is 0.154. The number of nitrogen functional groups attached to an aromatic ring is 1. The molecule has 0 unspecified atom stereocenters. The van der Waals surface area contributed by atoms with Gasteiger partial charge in [0.2, 0.25) is 5.95 Å². The van der Waals surface area contributed by atoms with Crippen molar-refractivity contribution < 1.29 is 4.39 Å². The number of fused-ring (bicyclic) bond motifs is 1. The number of rotatable bonds is 3. The predicted molar refractivity (Wildman–Crippen MR) is 74.6 cm³/mol. The summed E-state index contributed by atoms with van der Waals surface area (Å²) < 4.78 is 12.9. The first-order valence-electron chi connectivity index (χ1n) is 6.05. The summed E-state index contributed by atoms with van der Waals surface area (Å²) >= 11 is 0. The number of aromatic amines is 1. The van der Waals surface area contributed by atoms with E-state index >= 15 is 0 Å². The molecule has 0 saturated carbocycles. The molecule has 3 N–H and O–H groups in total. The summed E-state index contributed by atoms with van der Waals surface area (Å²) in [5.74, 6) is 0.619. The molecule has 0 aliphatic heterocycles. The Labute approximate surface area is 114 Å². The predicted octanol–water partition coefficient (Wildman–Crippen LogP) is 1.71. The van der Waals surface area contributed by atoms with Gasteiger partial charge in [0.15, 0.2) is 5.65 Å². The number of halogens is 1. The van der Waals surface area contributed by atoms with Crippen molar-refractivity contribution in [3.63, 3.8) is 0 Å². The van der Waals surface area contributed by atoms with E-state index in [-0.39, 0.29) is 11.8 Å². The summed E-state index contributed by atoms with van der Waals surface area (Å²) in [7, 11) is 1.89. The first-order chi connectivity index (χ1) is 9.63. The molecule has 3 rings (SSSR count). The van der Waals surface area contributed by atoms with Crippen LogP contribution in [0.15, 0.2) is 30.5 Å². The van der Waals surface area contributed by atoms with Crippen LogP contribution in [-0.2, 0) is 6.54 Å². The summed E-state index contributed by atoms with van der Waals surface area (Å²) in [4.78, 5) is 10.2. The Hall–Kier alpha value is -2.70. The van der Waals surface area contributed by atoms with Crippen LogP contribution in [-0.4, -0.2) is 27.2 Å². The van der Waals surface area contributed by atoms with E-state index in [1.807, 2.05) is 11.9 Å². The van der Waals surface area contributed by atoms with Crippen molar-refractivity contribution in [1.82, 2.24) is 20.2 Å². The Balaban J connectivity index is 1.93. The molecule has 0 radical (unpaired) electrons. The van der Waals surface area contributed by atoms with Gasteiger partial charge in [-0.15, -0.1) is 0 Å². The lowest BCUT2D eigenvalue weighted by Gasteiger charge is -2.19. The zero-order valence-corrected chi connectivity index (χ0v) is 10.8. The van der Waals surface area contributed by atoms with Gasteiger partial charge in [-0.1, -0.05) is 12.1 Å². The Morgan fingerprint density at radius 3 is 2.75 bits per heavy atom. The van der Waals surface area contributed by atoms with Crippen LogP contribution in [0.25, 0.3) is 11.0 Å². The highest BCUT2D eigenvalue weighted by Crippen LogP contribution is 2.23. The first-order valence-corrected chi connectivity index (χ1v) is 6.05. The lowest BCUT2D eigenvalue weighted by atomic mass is 10.2. The molecule has 0 aliphatic carbocycles. The van der Waals surface area contributed by atoms with E-state index in [2.05, 4.69) is 20.2 Å². The maximum absolute atomic E-state index is 12.9.